The number of aliphatic carboxylic acids is 1. The summed E-state index contributed by atoms with van der Waals surface area (Å²) in [6.07, 6.45) is 1.72. The summed E-state index contributed by atoms with van der Waals surface area (Å²) in [5, 5.41) is 11.5. The third-order valence-corrected chi connectivity index (χ3v) is 3.91. The monoisotopic (exact) mass is 278 g/mol. The zero-order chi connectivity index (χ0) is 13.9. The fourth-order valence-corrected chi connectivity index (χ4v) is 2.47. The number of nitrogens with one attached hydrogen (secondary N) is 1. The molecule has 1 aliphatic heterocycles. The van der Waals surface area contributed by atoms with Crippen LogP contribution in [0.4, 0.5) is 4.79 Å². The second-order valence-corrected chi connectivity index (χ2v) is 6.86. The first-order valence-corrected chi connectivity index (χ1v) is 7.73. The van der Waals surface area contributed by atoms with Crippen molar-refractivity contribution in [3.05, 3.63) is 0 Å². The fraction of sp³-hybridized carbons (Fsp3) is 0.800. The molecule has 2 N–H and O–H groups in total. The zero-order valence-corrected chi connectivity index (χ0v) is 11.2. The summed E-state index contributed by atoms with van der Waals surface area (Å²) < 4.78 is 21.8. The first-order chi connectivity index (χ1) is 8.22. The average molecular weight is 278 g/mol. The molecule has 0 saturated carbocycles. The summed E-state index contributed by atoms with van der Waals surface area (Å²) in [5.41, 5.74) is 0. The molecular formula is C10H18N2O5S. The minimum Gasteiger partial charge on any atom is -0.480 e. The lowest BCUT2D eigenvalue weighted by atomic mass is 10.0. The highest BCUT2D eigenvalue weighted by Crippen LogP contribution is 2.23. The highest BCUT2D eigenvalue weighted by molar-refractivity contribution is 7.90. The van der Waals surface area contributed by atoms with E-state index in [1.165, 1.54) is 4.90 Å². The molecule has 0 radical (unpaired) electrons. The molecule has 0 aromatic heterocycles. The van der Waals surface area contributed by atoms with Gasteiger partial charge in [-0.1, -0.05) is 6.92 Å². The van der Waals surface area contributed by atoms with Crippen molar-refractivity contribution in [2.75, 3.05) is 25.1 Å². The summed E-state index contributed by atoms with van der Waals surface area (Å²) in [6.45, 7) is 2.15. The van der Waals surface area contributed by atoms with Gasteiger partial charge in [0.15, 0.2) is 0 Å². The molecule has 2 atom stereocenters. The molecular weight excluding hydrogens is 260 g/mol. The van der Waals surface area contributed by atoms with Crippen molar-refractivity contribution in [2.45, 2.75) is 19.4 Å². The van der Waals surface area contributed by atoms with E-state index in [4.69, 9.17) is 5.11 Å². The van der Waals surface area contributed by atoms with E-state index in [9.17, 15) is 18.0 Å². The Morgan fingerprint density at radius 1 is 1.44 bits per heavy atom. The summed E-state index contributed by atoms with van der Waals surface area (Å²) in [4.78, 5) is 24.0. The smallest absolute Gasteiger partial charge is 0.326 e. The van der Waals surface area contributed by atoms with Crippen molar-refractivity contribution < 1.29 is 23.1 Å². The number of urea groups is 1. The Balaban J connectivity index is 2.54. The number of carboxylic acid groups (broad SMARTS) is 1. The predicted molar refractivity (Wildman–Crippen MR) is 65.0 cm³/mol. The molecule has 0 spiro atoms. The van der Waals surface area contributed by atoms with Crippen LogP contribution in [-0.4, -0.2) is 61.6 Å². The quantitative estimate of drug-likeness (QED) is 0.724. The van der Waals surface area contributed by atoms with Crippen molar-refractivity contribution >= 4 is 21.8 Å². The molecule has 2 amide bonds. The third-order valence-electron chi connectivity index (χ3n) is 2.96. The number of carbonyl (C=O) groups excluding carboxylic acids is 1. The van der Waals surface area contributed by atoms with Crippen molar-refractivity contribution in [1.29, 1.82) is 0 Å². The molecule has 104 valence electrons. The van der Waals surface area contributed by atoms with Crippen molar-refractivity contribution in [1.82, 2.24) is 10.2 Å². The lowest BCUT2D eigenvalue weighted by Gasteiger charge is -2.23. The van der Waals surface area contributed by atoms with Gasteiger partial charge in [0.1, 0.15) is 15.9 Å². The third kappa shape index (κ3) is 3.86. The highest BCUT2D eigenvalue weighted by Gasteiger charge is 2.39. The van der Waals surface area contributed by atoms with Gasteiger partial charge in [0.25, 0.3) is 0 Å². The number of sulfone groups is 1. The van der Waals surface area contributed by atoms with Gasteiger partial charge < -0.3 is 15.3 Å². The number of nitrogens with zero attached hydrogens (tertiary/aromatic N) is 1. The number of carbonyl (C=O) groups is 2. The molecule has 18 heavy (non-hydrogen) atoms. The molecule has 0 aromatic carbocycles. The highest BCUT2D eigenvalue weighted by atomic mass is 32.2. The van der Waals surface area contributed by atoms with Gasteiger partial charge in [0.2, 0.25) is 0 Å². The molecule has 1 fully saturated rings. The van der Waals surface area contributed by atoms with Crippen molar-refractivity contribution in [2.24, 2.45) is 5.92 Å². The largest absolute Gasteiger partial charge is 0.480 e. The molecule has 1 rings (SSSR count). The van der Waals surface area contributed by atoms with Gasteiger partial charge in [-0.25, -0.2) is 18.0 Å². The molecule has 7 nitrogen and oxygen atoms in total. The Hall–Kier alpha value is -1.31. The second-order valence-electron chi connectivity index (χ2n) is 4.60. The van der Waals surface area contributed by atoms with Crippen molar-refractivity contribution in [3.8, 4) is 0 Å². The Kier molecular flexibility index (Phi) is 4.55. The maximum atomic E-state index is 11.7. The summed E-state index contributed by atoms with van der Waals surface area (Å²) in [7, 11) is -3.13. The molecule has 1 heterocycles. The Labute approximate surface area is 106 Å². The van der Waals surface area contributed by atoms with Gasteiger partial charge in [-0.3, -0.25) is 0 Å². The Bertz CT molecular complexity index is 434. The molecule has 2 unspecified atom stereocenters. The van der Waals surface area contributed by atoms with Crippen molar-refractivity contribution in [3.63, 3.8) is 0 Å². The lowest BCUT2D eigenvalue weighted by Crippen LogP contribution is -2.48. The summed E-state index contributed by atoms with van der Waals surface area (Å²) in [5.74, 6) is -1.28. The molecule has 8 heteroatoms. The first kappa shape index (κ1) is 14.7. The van der Waals surface area contributed by atoms with E-state index in [2.05, 4.69) is 5.32 Å². The molecule has 1 aliphatic rings. The number of amides is 2. The number of likely N-dealkylation sites (tertiary alicyclic amines) is 1. The zero-order valence-electron chi connectivity index (χ0n) is 10.4. The lowest BCUT2D eigenvalue weighted by molar-refractivity contribution is -0.142. The number of rotatable bonds is 4. The van der Waals surface area contributed by atoms with Gasteiger partial charge in [-0.15, -0.1) is 0 Å². The van der Waals surface area contributed by atoms with Crippen LogP contribution >= 0.6 is 0 Å². The van der Waals surface area contributed by atoms with E-state index in [1.54, 1.807) is 6.92 Å². The van der Waals surface area contributed by atoms with Crippen LogP contribution in [0.5, 0.6) is 0 Å². The number of carboxylic acids is 1. The normalized spacial score (nSPS) is 24.0. The van der Waals surface area contributed by atoms with Crippen LogP contribution in [0.3, 0.4) is 0 Å². The molecule has 0 aromatic rings. The van der Waals surface area contributed by atoms with Gasteiger partial charge in [-0.05, 0) is 12.3 Å². The van der Waals surface area contributed by atoms with Crippen LogP contribution in [0.1, 0.15) is 13.3 Å². The van der Waals surface area contributed by atoms with Gasteiger partial charge in [-0.2, -0.15) is 0 Å². The first-order valence-electron chi connectivity index (χ1n) is 5.67. The minimum atomic E-state index is -3.13. The number of hydrogen-bond donors (Lipinski definition) is 2. The van der Waals surface area contributed by atoms with E-state index in [-0.39, 0.29) is 18.2 Å². The maximum absolute atomic E-state index is 11.7. The van der Waals surface area contributed by atoms with Crippen LogP contribution in [0.2, 0.25) is 0 Å². The standard InChI is InChI=1S/C10H18N2O5S/c1-7-3-5-12(8(7)9(13)14)10(15)11-4-6-18(2,16)17/h7-8H,3-6H2,1-2H3,(H,11,15)(H,13,14). The van der Waals surface area contributed by atoms with Crippen LogP contribution in [0, 0.1) is 5.92 Å². The van der Waals surface area contributed by atoms with E-state index in [0.29, 0.717) is 13.0 Å². The number of hydrogen-bond acceptors (Lipinski definition) is 4. The Morgan fingerprint density at radius 2 is 2.06 bits per heavy atom. The van der Waals surface area contributed by atoms with E-state index in [1.807, 2.05) is 0 Å². The van der Waals surface area contributed by atoms with Crippen LogP contribution in [0.15, 0.2) is 0 Å². The maximum Gasteiger partial charge on any atom is 0.326 e. The molecule has 1 saturated heterocycles. The second kappa shape index (κ2) is 5.55. The minimum absolute atomic E-state index is 0.00507. The van der Waals surface area contributed by atoms with E-state index in [0.717, 1.165) is 6.26 Å². The Morgan fingerprint density at radius 3 is 2.56 bits per heavy atom. The SMILES string of the molecule is CC1CCN(C(=O)NCCS(C)(=O)=O)C1C(=O)O. The summed E-state index contributed by atoms with van der Waals surface area (Å²) in [6, 6.07) is -1.35. The average Bonchev–Trinajstić information content (AvgIpc) is 2.58. The van der Waals surface area contributed by atoms with Crippen LogP contribution in [0.25, 0.3) is 0 Å². The van der Waals surface area contributed by atoms with Crippen LogP contribution < -0.4 is 5.32 Å². The van der Waals surface area contributed by atoms with Gasteiger partial charge in [0, 0.05) is 19.3 Å². The van der Waals surface area contributed by atoms with E-state index < -0.39 is 27.9 Å². The topological polar surface area (TPSA) is 104 Å². The van der Waals surface area contributed by atoms with Gasteiger partial charge >= 0.3 is 12.0 Å². The van der Waals surface area contributed by atoms with Gasteiger partial charge in [0.05, 0.1) is 5.75 Å². The predicted octanol–water partition coefficient (Wildman–Crippen LogP) is -0.464. The molecule has 0 bridgehead atoms. The van der Waals surface area contributed by atoms with Crippen LogP contribution in [-0.2, 0) is 14.6 Å². The molecule has 0 aliphatic carbocycles. The van der Waals surface area contributed by atoms with E-state index >= 15 is 0 Å². The fourth-order valence-electron chi connectivity index (χ4n) is 2.00. The summed E-state index contributed by atoms with van der Waals surface area (Å²) >= 11 is 0.